The molecule has 160 valence electrons. The molecule has 0 amide bonds. The van der Waals surface area contributed by atoms with Crippen molar-refractivity contribution in [3.63, 3.8) is 0 Å². The molecule has 1 aromatic rings. The maximum atomic E-state index is 5.63. The molecular formula is C22H38IN3O2. The fourth-order valence-electron chi connectivity index (χ4n) is 3.84. The van der Waals surface area contributed by atoms with Crippen LogP contribution in [-0.4, -0.2) is 39.4 Å². The summed E-state index contributed by atoms with van der Waals surface area (Å²) in [5.41, 5.74) is 2.74. The monoisotopic (exact) mass is 503 g/mol. The summed E-state index contributed by atoms with van der Waals surface area (Å²) in [5, 5.41) is 6.98. The Morgan fingerprint density at radius 1 is 1.14 bits per heavy atom. The van der Waals surface area contributed by atoms with Crippen molar-refractivity contribution in [2.75, 3.05) is 33.4 Å². The molecule has 0 atom stereocenters. The van der Waals surface area contributed by atoms with Crippen molar-refractivity contribution in [2.24, 2.45) is 10.4 Å². The molecule has 28 heavy (non-hydrogen) atoms. The van der Waals surface area contributed by atoms with E-state index in [1.165, 1.54) is 36.8 Å². The maximum Gasteiger partial charge on any atom is 0.191 e. The molecule has 0 spiro atoms. The van der Waals surface area contributed by atoms with Gasteiger partial charge in [0, 0.05) is 33.4 Å². The number of hydrogen-bond donors (Lipinski definition) is 2. The van der Waals surface area contributed by atoms with Crippen LogP contribution in [0, 0.1) is 5.41 Å². The molecule has 1 aliphatic carbocycles. The van der Waals surface area contributed by atoms with Gasteiger partial charge in [-0.25, -0.2) is 4.99 Å². The van der Waals surface area contributed by atoms with E-state index in [4.69, 9.17) is 14.5 Å². The standard InChI is InChI=1S/C22H37N3O2.HI/c1-4-23-21(24-16-19-9-8-10-20(15-19)17-26-3)25-18-22(11-6-7-12-22)13-14-27-5-2;/h8-10,15H,4-7,11-14,16-18H2,1-3H3,(H2,23,24,25);1H. The lowest BCUT2D eigenvalue weighted by Gasteiger charge is -2.30. The van der Waals surface area contributed by atoms with Crippen LogP contribution in [0.2, 0.25) is 0 Å². The van der Waals surface area contributed by atoms with Gasteiger partial charge in [0.1, 0.15) is 0 Å². The fourth-order valence-corrected chi connectivity index (χ4v) is 3.84. The zero-order valence-electron chi connectivity index (χ0n) is 17.8. The Balaban J connectivity index is 0.00000392. The Kier molecular flexibility index (Phi) is 12.7. The van der Waals surface area contributed by atoms with Crippen LogP contribution in [-0.2, 0) is 22.6 Å². The first-order valence-electron chi connectivity index (χ1n) is 10.4. The van der Waals surface area contributed by atoms with E-state index in [0.717, 1.165) is 38.7 Å². The van der Waals surface area contributed by atoms with E-state index in [2.05, 4.69) is 48.7 Å². The van der Waals surface area contributed by atoms with E-state index in [-0.39, 0.29) is 24.0 Å². The lowest BCUT2D eigenvalue weighted by molar-refractivity contribution is 0.105. The quantitative estimate of drug-likeness (QED) is 0.202. The summed E-state index contributed by atoms with van der Waals surface area (Å²) in [6.45, 7) is 8.97. The van der Waals surface area contributed by atoms with Gasteiger partial charge in [-0.3, -0.25) is 0 Å². The molecule has 2 rings (SSSR count). The van der Waals surface area contributed by atoms with Gasteiger partial charge >= 0.3 is 0 Å². The average Bonchev–Trinajstić information content (AvgIpc) is 3.14. The largest absolute Gasteiger partial charge is 0.382 e. The number of nitrogens with zero attached hydrogens (tertiary/aromatic N) is 1. The molecule has 5 nitrogen and oxygen atoms in total. The average molecular weight is 503 g/mol. The molecule has 0 heterocycles. The summed E-state index contributed by atoms with van der Waals surface area (Å²) in [7, 11) is 1.72. The summed E-state index contributed by atoms with van der Waals surface area (Å²) < 4.78 is 10.9. The van der Waals surface area contributed by atoms with Gasteiger partial charge in [-0.2, -0.15) is 0 Å². The van der Waals surface area contributed by atoms with Gasteiger partial charge in [-0.1, -0.05) is 37.1 Å². The minimum atomic E-state index is 0. The normalized spacial score (nSPS) is 15.9. The molecule has 1 aliphatic rings. The number of aliphatic imine (C=N–C) groups is 1. The highest BCUT2D eigenvalue weighted by atomic mass is 127. The summed E-state index contributed by atoms with van der Waals surface area (Å²) in [6, 6.07) is 8.44. The van der Waals surface area contributed by atoms with Crippen LogP contribution in [0.1, 0.15) is 57.1 Å². The van der Waals surface area contributed by atoms with Crippen LogP contribution in [0.3, 0.4) is 0 Å². The minimum Gasteiger partial charge on any atom is -0.382 e. The summed E-state index contributed by atoms with van der Waals surface area (Å²) in [6.07, 6.45) is 6.35. The molecule has 0 radical (unpaired) electrons. The molecular weight excluding hydrogens is 465 g/mol. The molecule has 0 unspecified atom stereocenters. The molecule has 2 N–H and O–H groups in total. The van der Waals surface area contributed by atoms with Gasteiger partial charge in [0.05, 0.1) is 13.2 Å². The van der Waals surface area contributed by atoms with Crippen molar-refractivity contribution in [3.05, 3.63) is 35.4 Å². The highest BCUT2D eigenvalue weighted by Crippen LogP contribution is 2.40. The second kappa shape index (κ2) is 14.2. The van der Waals surface area contributed by atoms with Gasteiger partial charge in [0.15, 0.2) is 5.96 Å². The third kappa shape index (κ3) is 8.66. The van der Waals surface area contributed by atoms with Crippen molar-refractivity contribution in [1.29, 1.82) is 0 Å². The Morgan fingerprint density at radius 2 is 1.89 bits per heavy atom. The lowest BCUT2D eigenvalue weighted by Crippen LogP contribution is -2.43. The Labute approximate surface area is 188 Å². The van der Waals surface area contributed by atoms with Crippen molar-refractivity contribution in [1.82, 2.24) is 10.6 Å². The van der Waals surface area contributed by atoms with E-state index in [9.17, 15) is 0 Å². The molecule has 0 bridgehead atoms. The summed E-state index contributed by atoms with van der Waals surface area (Å²) in [5.74, 6) is 0.900. The molecule has 6 heteroatoms. The molecule has 1 aromatic carbocycles. The van der Waals surface area contributed by atoms with Gasteiger partial charge in [-0.15, -0.1) is 24.0 Å². The molecule has 1 saturated carbocycles. The predicted molar refractivity (Wildman–Crippen MR) is 127 cm³/mol. The SMILES string of the molecule is CCNC(=NCc1cccc(COC)c1)NCC1(CCOCC)CCCC1.I. The first-order valence-corrected chi connectivity index (χ1v) is 10.4. The highest BCUT2D eigenvalue weighted by molar-refractivity contribution is 14.0. The first kappa shape index (κ1) is 25.2. The number of methoxy groups -OCH3 is 1. The van der Waals surface area contributed by atoms with E-state index in [1.54, 1.807) is 7.11 Å². The van der Waals surface area contributed by atoms with E-state index < -0.39 is 0 Å². The van der Waals surface area contributed by atoms with Crippen LogP contribution in [0.4, 0.5) is 0 Å². The van der Waals surface area contributed by atoms with Crippen LogP contribution in [0.25, 0.3) is 0 Å². The third-order valence-corrected chi connectivity index (χ3v) is 5.34. The molecule has 0 saturated heterocycles. The van der Waals surface area contributed by atoms with Gasteiger partial charge < -0.3 is 20.1 Å². The van der Waals surface area contributed by atoms with E-state index in [0.29, 0.717) is 18.6 Å². The first-order chi connectivity index (χ1) is 13.2. The molecule has 1 fully saturated rings. The highest BCUT2D eigenvalue weighted by Gasteiger charge is 2.33. The second-order valence-corrected chi connectivity index (χ2v) is 7.46. The molecule has 0 aliphatic heterocycles. The van der Waals surface area contributed by atoms with Crippen molar-refractivity contribution >= 4 is 29.9 Å². The number of guanidine groups is 1. The van der Waals surface area contributed by atoms with E-state index in [1.807, 2.05) is 0 Å². The van der Waals surface area contributed by atoms with Crippen molar-refractivity contribution in [3.8, 4) is 0 Å². The lowest BCUT2D eigenvalue weighted by atomic mass is 9.83. The summed E-state index contributed by atoms with van der Waals surface area (Å²) >= 11 is 0. The second-order valence-electron chi connectivity index (χ2n) is 7.46. The number of nitrogens with one attached hydrogen (secondary N) is 2. The van der Waals surface area contributed by atoms with Crippen LogP contribution in [0.5, 0.6) is 0 Å². The number of rotatable bonds is 11. The number of hydrogen-bond acceptors (Lipinski definition) is 3. The predicted octanol–water partition coefficient (Wildman–Crippen LogP) is 4.49. The number of benzene rings is 1. The number of ether oxygens (including phenoxy) is 2. The number of halogens is 1. The van der Waals surface area contributed by atoms with E-state index >= 15 is 0 Å². The topological polar surface area (TPSA) is 54.9 Å². The fraction of sp³-hybridized carbons (Fsp3) is 0.682. The van der Waals surface area contributed by atoms with Crippen molar-refractivity contribution in [2.45, 2.75) is 59.1 Å². The van der Waals surface area contributed by atoms with Gasteiger partial charge in [-0.05, 0) is 49.7 Å². The zero-order chi connectivity index (χ0) is 19.4. The van der Waals surface area contributed by atoms with Crippen LogP contribution < -0.4 is 10.6 Å². The van der Waals surface area contributed by atoms with Gasteiger partial charge in [0.25, 0.3) is 0 Å². The van der Waals surface area contributed by atoms with Crippen LogP contribution >= 0.6 is 24.0 Å². The summed E-state index contributed by atoms with van der Waals surface area (Å²) in [4.78, 5) is 4.80. The Hall–Kier alpha value is -0.860. The Bertz CT molecular complexity index is 575. The zero-order valence-corrected chi connectivity index (χ0v) is 20.1. The minimum absolute atomic E-state index is 0. The third-order valence-electron chi connectivity index (χ3n) is 5.34. The van der Waals surface area contributed by atoms with Crippen LogP contribution in [0.15, 0.2) is 29.3 Å². The van der Waals surface area contributed by atoms with Gasteiger partial charge in [0.2, 0.25) is 0 Å². The Morgan fingerprint density at radius 3 is 2.57 bits per heavy atom. The van der Waals surface area contributed by atoms with Crippen molar-refractivity contribution < 1.29 is 9.47 Å². The maximum absolute atomic E-state index is 5.63. The molecule has 0 aromatic heterocycles. The smallest absolute Gasteiger partial charge is 0.191 e.